The third kappa shape index (κ3) is 4.96. The Morgan fingerprint density at radius 2 is 1.82 bits per heavy atom. The van der Waals surface area contributed by atoms with Gasteiger partial charge in [0.15, 0.2) is 11.9 Å². The van der Waals surface area contributed by atoms with Gasteiger partial charge in [-0.05, 0) is 12.1 Å². The van der Waals surface area contributed by atoms with Crippen LogP contribution in [0.4, 0.5) is 19.1 Å². The number of ether oxygens (including phenoxy) is 2. The second kappa shape index (κ2) is 8.69. The molecule has 1 aliphatic rings. The largest absolute Gasteiger partial charge is 0.486 e. The number of morpholine rings is 1. The number of aromatic nitrogens is 2. The molecule has 0 amide bonds. The average molecular weight is 438 g/mol. The number of anilines is 1. The Kier molecular flexibility index (Phi) is 6.49. The van der Waals surface area contributed by atoms with Crippen LogP contribution in [-0.2, 0) is 11.3 Å². The smallest absolute Gasteiger partial charge is 0.416 e. The molecule has 3 rings (SSSR count). The van der Waals surface area contributed by atoms with E-state index in [1.807, 2.05) is 0 Å². The normalized spacial score (nSPS) is 20.3. The molecular weight excluding hydrogens is 422 g/mol. The zero-order valence-electron chi connectivity index (χ0n) is 14.4. The first-order valence-electron chi connectivity index (χ1n) is 8.23. The minimum absolute atomic E-state index is 0.0402. The standard InChI is InChI=1S/C17H16Cl2F3N3O3/c18-13-2-1-3-14(19)12(13)9-27-10-4-23-16(24-5-10)25-6-11(8-26)28-15(7-25)17(20,21)22/h1-5,11,15,26H,6-9H2/t11-,15+/m1/s1. The van der Waals surface area contributed by atoms with E-state index in [1.54, 1.807) is 18.2 Å². The summed E-state index contributed by atoms with van der Waals surface area (Å²) in [4.78, 5) is 9.44. The van der Waals surface area contributed by atoms with Gasteiger partial charge >= 0.3 is 6.18 Å². The molecule has 6 nitrogen and oxygen atoms in total. The molecule has 0 aliphatic carbocycles. The summed E-state index contributed by atoms with van der Waals surface area (Å²) in [6.45, 7) is -0.877. The van der Waals surface area contributed by atoms with E-state index in [2.05, 4.69) is 9.97 Å². The number of aliphatic hydroxyl groups is 1. The molecule has 11 heteroatoms. The van der Waals surface area contributed by atoms with Crippen molar-refractivity contribution in [3.05, 3.63) is 46.2 Å². The monoisotopic (exact) mass is 437 g/mol. The van der Waals surface area contributed by atoms with Crippen LogP contribution in [0.1, 0.15) is 5.56 Å². The van der Waals surface area contributed by atoms with Gasteiger partial charge < -0.3 is 19.5 Å². The van der Waals surface area contributed by atoms with E-state index in [4.69, 9.17) is 32.7 Å². The second-order valence-electron chi connectivity index (χ2n) is 6.08. The number of aliphatic hydroxyl groups excluding tert-OH is 1. The van der Waals surface area contributed by atoms with Crippen molar-refractivity contribution < 1.29 is 27.8 Å². The first kappa shape index (κ1) is 20.9. The van der Waals surface area contributed by atoms with Crippen molar-refractivity contribution in [2.45, 2.75) is 25.0 Å². The Labute approximate surface area is 168 Å². The molecule has 0 radical (unpaired) electrons. The van der Waals surface area contributed by atoms with Gasteiger partial charge in [0, 0.05) is 22.2 Å². The van der Waals surface area contributed by atoms with Gasteiger partial charge in [0.25, 0.3) is 0 Å². The zero-order valence-corrected chi connectivity index (χ0v) is 15.9. The fourth-order valence-corrected chi connectivity index (χ4v) is 3.16. The van der Waals surface area contributed by atoms with Gasteiger partial charge in [-0.1, -0.05) is 29.3 Å². The topological polar surface area (TPSA) is 67.7 Å². The van der Waals surface area contributed by atoms with E-state index in [1.165, 1.54) is 17.3 Å². The van der Waals surface area contributed by atoms with Gasteiger partial charge in [-0.2, -0.15) is 13.2 Å². The van der Waals surface area contributed by atoms with E-state index in [0.717, 1.165) is 0 Å². The molecule has 0 unspecified atom stereocenters. The van der Waals surface area contributed by atoms with Crippen LogP contribution < -0.4 is 9.64 Å². The highest BCUT2D eigenvalue weighted by Gasteiger charge is 2.46. The van der Waals surface area contributed by atoms with Crippen molar-refractivity contribution >= 4 is 29.2 Å². The highest BCUT2D eigenvalue weighted by atomic mass is 35.5. The van der Waals surface area contributed by atoms with Crippen molar-refractivity contribution in [1.29, 1.82) is 0 Å². The fourth-order valence-electron chi connectivity index (χ4n) is 2.66. The van der Waals surface area contributed by atoms with E-state index in [9.17, 15) is 18.3 Å². The highest BCUT2D eigenvalue weighted by Crippen LogP contribution is 2.29. The maximum atomic E-state index is 13.0. The summed E-state index contributed by atoms with van der Waals surface area (Å²) in [6, 6.07) is 5.07. The zero-order chi connectivity index (χ0) is 20.3. The van der Waals surface area contributed by atoms with Crippen molar-refractivity contribution in [2.75, 3.05) is 24.6 Å². The molecule has 2 heterocycles. The first-order valence-corrected chi connectivity index (χ1v) is 8.99. The lowest BCUT2D eigenvalue weighted by molar-refractivity contribution is -0.238. The Bertz CT molecular complexity index is 788. The molecule has 1 saturated heterocycles. The summed E-state index contributed by atoms with van der Waals surface area (Å²) in [7, 11) is 0. The summed E-state index contributed by atoms with van der Waals surface area (Å²) in [5, 5.41) is 10.1. The summed E-state index contributed by atoms with van der Waals surface area (Å²) < 4.78 is 49.5. The van der Waals surface area contributed by atoms with Crippen molar-refractivity contribution in [2.24, 2.45) is 0 Å². The van der Waals surface area contributed by atoms with Gasteiger partial charge in [0.1, 0.15) is 6.61 Å². The van der Waals surface area contributed by atoms with Gasteiger partial charge in [-0.3, -0.25) is 0 Å². The molecule has 0 saturated carbocycles. The second-order valence-corrected chi connectivity index (χ2v) is 6.90. The molecule has 1 aromatic heterocycles. The summed E-state index contributed by atoms with van der Waals surface area (Å²) in [5.41, 5.74) is 0.599. The maximum Gasteiger partial charge on any atom is 0.416 e. The number of halogens is 5. The number of hydrogen-bond donors (Lipinski definition) is 1. The minimum atomic E-state index is -4.55. The van der Waals surface area contributed by atoms with Crippen LogP contribution in [0, 0.1) is 0 Å². The summed E-state index contributed by atoms with van der Waals surface area (Å²) in [5.74, 6) is 0.387. The molecular formula is C17H16Cl2F3N3O3. The minimum Gasteiger partial charge on any atom is -0.486 e. The van der Waals surface area contributed by atoms with Crippen LogP contribution in [0.25, 0.3) is 0 Å². The highest BCUT2D eigenvalue weighted by molar-refractivity contribution is 6.35. The number of nitrogens with zero attached hydrogens (tertiary/aromatic N) is 3. The Hall–Kier alpha value is -1.81. The molecule has 152 valence electrons. The summed E-state index contributed by atoms with van der Waals surface area (Å²) >= 11 is 12.1. The molecule has 1 aromatic carbocycles. The number of hydrogen-bond acceptors (Lipinski definition) is 6. The van der Waals surface area contributed by atoms with Gasteiger partial charge in [0.05, 0.1) is 31.6 Å². The predicted molar refractivity (Wildman–Crippen MR) is 96.8 cm³/mol. The molecule has 1 fully saturated rings. The van der Waals surface area contributed by atoms with Gasteiger partial charge in [-0.15, -0.1) is 0 Å². The fraction of sp³-hybridized carbons (Fsp3) is 0.412. The van der Waals surface area contributed by atoms with Crippen LogP contribution in [0.3, 0.4) is 0 Å². The summed E-state index contributed by atoms with van der Waals surface area (Å²) in [6.07, 6.45) is -4.87. The Morgan fingerprint density at radius 3 is 2.39 bits per heavy atom. The molecule has 0 bridgehead atoms. The van der Waals surface area contributed by atoms with Crippen molar-refractivity contribution in [3.63, 3.8) is 0 Å². The molecule has 2 aromatic rings. The van der Waals surface area contributed by atoms with E-state index in [-0.39, 0.29) is 19.1 Å². The van der Waals surface area contributed by atoms with E-state index >= 15 is 0 Å². The van der Waals surface area contributed by atoms with E-state index < -0.39 is 31.5 Å². The van der Waals surface area contributed by atoms with Crippen LogP contribution in [-0.4, -0.2) is 53.2 Å². The molecule has 0 spiro atoms. The van der Waals surface area contributed by atoms with E-state index in [0.29, 0.717) is 21.4 Å². The first-order chi connectivity index (χ1) is 13.3. The lowest BCUT2D eigenvalue weighted by Gasteiger charge is -2.38. The third-order valence-electron chi connectivity index (χ3n) is 4.08. The van der Waals surface area contributed by atoms with Crippen LogP contribution in [0.2, 0.25) is 10.0 Å². The Morgan fingerprint density at radius 1 is 1.18 bits per heavy atom. The average Bonchev–Trinajstić information content (AvgIpc) is 2.67. The number of rotatable bonds is 5. The van der Waals surface area contributed by atoms with Gasteiger partial charge in [0.2, 0.25) is 5.95 Å². The lowest BCUT2D eigenvalue weighted by atomic mass is 10.2. The van der Waals surface area contributed by atoms with Crippen LogP contribution in [0.15, 0.2) is 30.6 Å². The molecule has 28 heavy (non-hydrogen) atoms. The van der Waals surface area contributed by atoms with Crippen LogP contribution in [0.5, 0.6) is 5.75 Å². The molecule has 1 N–H and O–H groups in total. The number of benzene rings is 1. The Balaban J connectivity index is 1.68. The lowest BCUT2D eigenvalue weighted by Crippen LogP contribution is -2.54. The third-order valence-corrected chi connectivity index (χ3v) is 4.79. The number of alkyl halides is 3. The van der Waals surface area contributed by atoms with Crippen molar-refractivity contribution in [3.8, 4) is 5.75 Å². The maximum absolute atomic E-state index is 13.0. The predicted octanol–water partition coefficient (Wildman–Crippen LogP) is 3.49. The SMILES string of the molecule is OC[C@H]1CN(c2ncc(OCc3c(Cl)cccc3Cl)cn2)C[C@@H](C(F)(F)F)O1. The van der Waals surface area contributed by atoms with Gasteiger partial charge in [-0.25, -0.2) is 9.97 Å². The quantitative estimate of drug-likeness (QED) is 0.771. The van der Waals surface area contributed by atoms with Crippen molar-refractivity contribution in [1.82, 2.24) is 9.97 Å². The van der Waals surface area contributed by atoms with Crippen LogP contribution >= 0.6 is 23.2 Å². The molecule has 1 aliphatic heterocycles. The molecule has 2 atom stereocenters.